The van der Waals surface area contributed by atoms with Crippen molar-refractivity contribution in [2.45, 2.75) is 63.5 Å². The fourth-order valence-electron chi connectivity index (χ4n) is 6.03. The first-order valence-electron chi connectivity index (χ1n) is 12.9. The molecule has 2 saturated heterocycles. The molecule has 2 fully saturated rings. The van der Waals surface area contributed by atoms with Crippen LogP contribution in [0.1, 0.15) is 54.0 Å². The van der Waals surface area contributed by atoms with Crippen molar-refractivity contribution in [3.63, 3.8) is 0 Å². The van der Waals surface area contributed by atoms with Gasteiger partial charge in [-0.25, -0.2) is 4.31 Å². The molecule has 194 valence electrons. The number of aromatic nitrogens is 2. The van der Waals surface area contributed by atoms with Crippen LogP contribution in [0.2, 0.25) is 0 Å². The summed E-state index contributed by atoms with van der Waals surface area (Å²) in [5, 5.41) is 20.4. The van der Waals surface area contributed by atoms with Crippen LogP contribution in [0, 0.1) is 0 Å². The van der Waals surface area contributed by atoms with E-state index in [1.165, 1.54) is 15.4 Å². The Morgan fingerprint density at radius 2 is 1.81 bits per heavy atom. The maximum atomic E-state index is 13.7. The van der Waals surface area contributed by atoms with Gasteiger partial charge in [0.2, 0.25) is 0 Å². The normalized spacial score (nSPS) is 21.3. The highest BCUT2D eigenvalue weighted by atomic mass is 32.2. The number of aryl methyl sites for hydroxylation is 2. The molecule has 11 heteroatoms. The Morgan fingerprint density at radius 3 is 2.42 bits per heavy atom. The van der Waals surface area contributed by atoms with Crippen molar-refractivity contribution in [2.24, 2.45) is 4.40 Å². The molecular weight excluding hydrogens is 480 g/mol. The maximum absolute atomic E-state index is 13.7. The lowest BCUT2D eigenvalue weighted by molar-refractivity contribution is -0.213. The van der Waals surface area contributed by atoms with Crippen LogP contribution in [-0.4, -0.2) is 68.5 Å². The molecule has 4 aliphatic rings. The predicted octanol–water partition coefficient (Wildman–Crippen LogP) is 1.41. The number of ether oxygens (including phenoxy) is 1. The number of nitrogens with one attached hydrogen (secondary N) is 1. The van der Waals surface area contributed by atoms with E-state index in [0.29, 0.717) is 31.7 Å². The van der Waals surface area contributed by atoms with E-state index < -0.39 is 16.2 Å². The van der Waals surface area contributed by atoms with Crippen LogP contribution >= 0.6 is 0 Å². The molecule has 1 aromatic heterocycles. The van der Waals surface area contributed by atoms with E-state index in [-0.39, 0.29) is 12.1 Å². The zero-order valence-corrected chi connectivity index (χ0v) is 21.5. The minimum Gasteiger partial charge on any atom is -0.845 e. The molecule has 2 aromatic rings. The van der Waals surface area contributed by atoms with Crippen molar-refractivity contribution in [3.8, 4) is 0 Å². The van der Waals surface area contributed by atoms with Gasteiger partial charge in [0.25, 0.3) is 0 Å². The van der Waals surface area contributed by atoms with Crippen molar-refractivity contribution < 1.29 is 18.3 Å². The van der Waals surface area contributed by atoms with E-state index in [2.05, 4.69) is 25.8 Å². The van der Waals surface area contributed by atoms with Gasteiger partial charge in [0.05, 0.1) is 37.2 Å². The first-order chi connectivity index (χ1) is 17.4. The molecule has 3 heterocycles. The Bertz CT molecular complexity index is 1250. The molecule has 2 aliphatic carbocycles. The molecule has 0 amide bonds. The van der Waals surface area contributed by atoms with Gasteiger partial charge in [-0.2, -0.15) is 13.5 Å². The summed E-state index contributed by atoms with van der Waals surface area (Å²) in [6.45, 7) is 2.66. The summed E-state index contributed by atoms with van der Waals surface area (Å²) in [4.78, 5) is 2.18. The van der Waals surface area contributed by atoms with Crippen molar-refractivity contribution in [1.29, 1.82) is 0 Å². The summed E-state index contributed by atoms with van der Waals surface area (Å²) >= 11 is 0. The number of anilines is 2. The molecule has 36 heavy (non-hydrogen) atoms. The number of nitrogens with zero attached hydrogens (tertiary/aromatic N) is 5. The predicted molar refractivity (Wildman–Crippen MR) is 136 cm³/mol. The number of rotatable bonds is 6. The van der Waals surface area contributed by atoms with Gasteiger partial charge in [-0.05, 0) is 93.8 Å². The lowest BCUT2D eigenvalue weighted by atomic mass is 9.99. The second kappa shape index (κ2) is 9.35. The van der Waals surface area contributed by atoms with Crippen LogP contribution in [0.15, 0.2) is 22.9 Å². The van der Waals surface area contributed by atoms with Gasteiger partial charge in [0.1, 0.15) is 0 Å². The molecule has 0 spiro atoms. The van der Waals surface area contributed by atoms with E-state index in [4.69, 9.17) is 4.74 Å². The number of piperidine rings is 1. The average molecular weight is 514 g/mol. The lowest BCUT2D eigenvalue weighted by Crippen LogP contribution is -2.47. The van der Waals surface area contributed by atoms with E-state index >= 15 is 0 Å². The molecule has 0 unspecified atom stereocenters. The SMILES string of the molecule is CN1CCC(N(c2cnn(C3COC3)c2)S(=O)(=O)/N=C(\[O-])Nc2c3c(cc4c2CCC4)CCC3)CC1. The first-order valence-corrected chi connectivity index (χ1v) is 14.3. The number of amidine groups is 1. The van der Waals surface area contributed by atoms with E-state index in [9.17, 15) is 13.5 Å². The maximum Gasteiger partial charge on any atom is 0.345 e. The number of hydrogen-bond acceptors (Lipinski definition) is 6. The van der Waals surface area contributed by atoms with Crippen LogP contribution in [0.5, 0.6) is 0 Å². The summed E-state index contributed by atoms with van der Waals surface area (Å²) in [5.41, 5.74) is 6.07. The van der Waals surface area contributed by atoms with Gasteiger partial charge in [0, 0.05) is 17.9 Å². The first kappa shape index (κ1) is 23.7. The van der Waals surface area contributed by atoms with Crippen molar-refractivity contribution in [1.82, 2.24) is 14.7 Å². The standard InChI is InChI=1S/C25H34N6O4S/c1-29-10-8-19(9-11-29)31(20-13-26-30(14-20)21-15-35-16-21)36(33,34)28-25(32)27-24-22-6-2-4-17(22)12-18-5-3-7-23(18)24/h12-14,19,21H,2-11,15-16H2,1H3,(H2,27,28,32)/p-1. The lowest BCUT2D eigenvalue weighted by Gasteiger charge is -2.36. The van der Waals surface area contributed by atoms with E-state index in [1.54, 1.807) is 17.1 Å². The molecule has 0 bridgehead atoms. The van der Waals surface area contributed by atoms with Gasteiger partial charge >= 0.3 is 10.2 Å². The molecule has 0 radical (unpaired) electrons. The second-order valence-electron chi connectivity index (χ2n) is 10.4. The molecule has 1 aromatic carbocycles. The Hall–Kier alpha value is -2.63. The molecule has 0 saturated carbocycles. The molecular formula is C25H33N6O4S-. The highest BCUT2D eigenvalue weighted by Crippen LogP contribution is 2.38. The van der Waals surface area contributed by atoms with Crippen LogP contribution in [0.4, 0.5) is 11.4 Å². The van der Waals surface area contributed by atoms with Gasteiger partial charge in [-0.3, -0.25) is 4.68 Å². The van der Waals surface area contributed by atoms with Gasteiger partial charge in [-0.1, -0.05) is 6.07 Å². The highest BCUT2D eigenvalue weighted by Gasteiger charge is 2.34. The number of benzene rings is 1. The Morgan fingerprint density at radius 1 is 1.14 bits per heavy atom. The van der Waals surface area contributed by atoms with Crippen molar-refractivity contribution in [2.75, 3.05) is 43.0 Å². The minimum absolute atomic E-state index is 0.100. The number of likely N-dealkylation sites (tertiary alicyclic amines) is 1. The third-order valence-electron chi connectivity index (χ3n) is 8.01. The van der Waals surface area contributed by atoms with Crippen LogP contribution in [0.3, 0.4) is 0 Å². The van der Waals surface area contributed by atoms with Crippen LogP contribution in [-0.2, 0) is 40.6 Å². The topological polar surface area (TPSA) is 115 Å². The van der Waals surface area contributed by atoms with E-state index in [1.807, 2.05) is 7.05 Å². The monoisotopic (exact) mass is 513 g/mol. The summed E-state index contributed by atoms with van der Waals surface area (Å²) in [7, 11) is -2.27. The Balaban J connectivity index is 1.32. The fourth-order valence-corrected chi connectivity index (χ4v) is 7.32. The third kappa shape index (κ3) is 4.37. The zero-order valence-electron chi connectivity index (χ0n) is 20.6. The molecule has 0 atom stereocenters. The zero-order chi connectivity index (χ0) is 24.9. The van der Waals surface area contributed by atoms with Crippen LogP contribution in [0.25, 0.3) is 0 Å². The summed E-state index contributed by atoms with van der Waals surface area (Å²) in [6.07, 6.45) is 10.5. The number of fused-ring (bicyclic) bond motifs is 2. The molecule has 6 rings (SSSR count). The largest absolute Gasteiger partial charge is 0.845 e. The van der Waals surface area contributed by atoms with Gasteiger partial charge in [0.15, 0.2) is 0 Å². The Labute approximate surface area is 212 Å². The Kier molecular flexibility index (Phi) is 6.17. The fraction of sp³-hybridized carbons (Fsp3) is 0.600. The molecule has 2 aliphatic heterocycles. The highest BCUT2D eigenvalue weighted by molar-refractivity contribution is 7.91. The van der Waals surface area contributed by atoms with E-state index in [0.717, 1.165) is 68.4 Å². The smallest absolute Gasteiger partial charge is 0.345 e. The quantitative estimate of drug-likeness (QED) is 0.459. The van der Waals surface area contributed by atoms with Crippen molar-refractivity contribution in [3.05, 3.63) is 40.7 Å². The third-order valence-corrected chi connectivity index (χ3v) is 9.41. The summed E-state index contributed by atoms with van der Waals surface area (Å²) in [6, 6.07) is 1.26. The molecule has 10 nitrogen and oxygen atoms in total. The van der Waals surface area contributed by atoms with Crippen LogP contribution < -0.4 is 14.7 Å². The van der Waals surface area contributed by atoms with Crippen molar-refractivity contribution >= 4 is 27.6 Å². The number of hydrogen-bond donors (Lipinski definition) is 1. The van der Waals surface area contributed by atoms with Gasteiger partial charge < -0.3 is 20.1 Å². The minimum atomic E-state index is -4.30. The van der Waals surface area contributed by atoms with Gasteiger partial charge in [-0.15, -0.1) is 4.40 Å². The average Bonchev–Trinajstić information content (AvgIpc) is 3.54. The second-order valence-corrected chi connectivity index (χ2v) is 11.9. The summed E-state index contributed by atoms with van der Waals surface area (Å²) < 4.78 is 39.4. The molecule has 1 N–H and O–H groups in total. The summed E-state index contributed by atoms with van der Waals surface area (Å²) in [5.74, 6) is 0.